The Kier molecular flexibility index (Phi) is 5.33. The number of nitriles is 2. The summed E-state index contributed by atoms with van der Waals surface area (Å²) in [4.78, 5) is 20.1. The molecule has 7 nitrogen and oxygen atoms in total. The van der Waals surface area contributed by atoms with E-state index in [-0.39, 0.29) is 6.61 Å². The number of nitrogens with zero attached hydrogens (tertiary/aromatic N) is 3. The molecular formula is C24H16N4O3. The highest BCUT2D eigenvalue weighted by Gasteiger charge is 2.16. The summed E-state index contributed by atoms with van der Waals surface area (Å²) in [6.45, 7) is 1.97. The van der Waals surface area contributed by atoms with Gasteiger partial charge in [0.25, 0.3) is 0 Å². The van der Waals surface area contributed by atoms with Crippen LogP contribution in [-0.4, -0.2) is 22.5 Å². The van der Waals surface area contributed by atoms with Crippen LogP contribution in [0, 0.1) is 22.7 Å². The lowest BCUT2D eigenvalue weighted by Gasteiger charge is -2.07. The van der Waals surface area contributed by atoms with E-state index in [2.05, 4.69) is 22.1 Å². The van der Waals surface area contributed by atoms with Crippen molar-refractivity contribution >= 4 is 28.7 Å². The van der Waals surface area contributed by atoms with Crippen LogP contribution in [0.1, 0.15) is 29.4 Å². The number of imidazole rings is 1. The quantitative estimate of drug-likeness (QED) is 0.379. The first-order valence-corrected chi connectivity index (χ1v) is 9.50. The molecule has 0 amide bonds. The molecule has 0 saturated carbocycles. The van der Waals surface area contributed by atoms with Crippen LogP contribution in [0.4, 0.5) is 0 Å². The van der Waals surface area contributed by atoms with Gasteiger partial charge in [-0.05, 0) is 61.0 Å². The number of esters is 1. The second kappa shape index (κ2) is 8.40. The van der Waals surface area contributed by atoms with E-state index in [0.717, 1.165) is 5.52 Å². The molecule has 0 radical (unpaired) electrons. The molecule has 0 fully saturated rings. The molecule has 4 rings (SSSR count). The molecular weight excluding hydrogens is 392 g/mol. The maximum atomic E-state index is 12.5. The number of rotatable bonds is 5. The normalized spacial score (nSPS) is 11.1. The summed E-state index contributed by atoms with van der Waals surface area (Å²) in [7, 11) is 0. The minimum Gasteiger partial charge on any atom is -0.462 e. The van der Waals surface area contributed by atoms with Gasteiger partial charge in [0, 0.05) is 0 Å². The first-order valence-electron chi connectivity index (χ1n) is 9.50. The number of aromatic nitrogens is 2. The molecule has 0 spiro atoms. The molecule has 0 unspecified atom stereocenters. The molecule has 0 aliphatic rings. The summed E-state index contributed by atoms with van der Waals surface area (Å²) < 4.78 is 11.1. The lowest BCUT2D eigenvalue weighted by Crippen LogP contribution is -2.06. The molecule has 1 N–H and O–H groups in total. The lowest BCUT2D eigenvalue weighted by atomic mass is 10.0. The Morgan fingerprint density at radius 2 is 1.84 bits per heavy atom. The summed E-state index contributed by atoms with van der Waals surface area (Å²) >= 11 is 0. The van der Waals surface area contributed by atoms with Crippen LogP contribution >= 0.6 is 0 Å². The van der Waals surface area contributed by atoms with E-state index in [4.69, 9.17) is 19.7 Å². The third-order valence-electron chi connectivity index (χ3n) is 4.58. The van der Waals surface area contributed by atoms with Gasteiger partial charge in [-0.15, -0.1) is 0 Å². The van der Waals surface area contributed by atoms with Crippen molar-refractivity contribution in [1.29, 1.82) is 10.5 Å². The maximum Gasteiger partial charge on any atom is 0.338 e. The monoisotopic (exact) mass is 408 g/mol. The number of nitrogens with one attached hydrogen (secondary N) is 1. The number of ether oxygens (including phenoxy) is 1. The number of hydrogen-bond donors (Lipinski definition) is 1. The fourth-order valence-corrected chi connectivity index (χ4v) is 3.09. The number of fused-ring (bicyclic) bond motifs is 1. The molecule has 7 heteroatoms. The van der Waals surface area contributed by atoms with Gasteiger partial charge in [0.2, 0.25) is 0 Å². The van der Waals surface area contributed by atoms with E-state index in [1.807, 2.05) is 0 Å². The first kappa shape index (κ1) is 19.7. The van der Waals surface area contributed by atoms with Crippen molar-refractivity contribution in [2.45, 2.75) is 6.92 Å². The summed E-state index contributed by atoms with van der Waals surface area (Å²) in [6.07, 6.45) is 1.60. The maximum absolute atomic E-state index is 12.5. The summed E-state index contributed by atoms with van der Waals surface area (Å²) in [5.41, 5.74) is 3.40. The Balaban J connectivity index is 1.70. The largest absolute Gasteiger partial charge is 0.462 e. The Hall–Kier alpha value is -4.62. The molecule has 2 aromatic carbocycles. The minimum atomic E-state index is -0.488. The minimum absolute atomic E-state index is 0.236. The molecule has 0 saturated heterocycles. The van der Waals surface area contributed by atoms with Crippen LogP contribution in [0.25, 0.3) is 34.3 Å². The van der Waals surface area contributed by atoms with Crippen LogP contribution in [0.5, 0.6) is 0 Å². The third kappa shape index (κ3) is 4.07. The summed E-state index contributed by atoms with van der Waals surface area (Å²) in [5, 5.41) is 18.0. The van der Waals surface area contributed by atoms with E-state index in [0.29, 0.717) is 45.1 Å². The fourth-order valence-electron chi connectivity index (χ4n) is 3.09. The van der Waals surface area contributed by atoms with Crippen molar-refractivity contribution in [3.8, 4) is 23.7 Å². The zero-order valence-electron chi connectivity index (χ0n) is 16.5. The van der Waals surface area contributed by atoms with Crippen LogP contribution in [0.15, 0.2) is 59.0 Å². The molecule has 0 aliphatic carbocycles. The topological polar surface area (TPSA) is 116 Å². The Morgan fingerprint density at radius 1 is 1.10 bits per heavy atom. The second-order valence-electron chi connectivity index (χ2n) is 6.60. The number of furan rings is 1. The number of benzene rings is 2. The highest BCUT2D eigenvalue weighted by molar-refractivity contribution is 6.21. The van der Waals surface area contributed by atoms with Crippen molar-refractivity contribution in [3.63, 3.8) is 0 Å². The van der Waals surface area contributed by atoms with Gasteiger partial charge < -0.3 is 14.1 Å². The van der Waals surface area contributed by atoms with E-state index >= 15 is 0 Å². The van der Waals surface area contributed by atoms with E-state index in [9.17, 15) is 4.79 Å². The first-order chi connectivity index (χ1) is 15.1. The van der Waals surface area contributed by atoms with Crippen molar-refractivity contribution in [1.82, 2.24) is 9.97 Å². The Labute approximate surface area is 177 Å². The van der Waals surface area contributed by atoms with E-state index in [1.165, 1.54) is 0 Å². The van der Waals surface area contributed by atoms with Gasteiger partial charge >= 0.3 is 5.97 Å². The van der Waals surface area contributed by atoms with Crippen molar-refractivity contribution in [3.05, 3.63) is 77.0 Å². The molecule has 0 aliphatic heterocycles. The molecule has 150 valence electrons. The van der Waals surface area contributed by atoms with Crippen molar-refractivity contribution < 1.29 is 13.9 Å². The number of carbonyl (C=O) groups excluding carboxylic acids is 1. The van der Waals surface area contributed by atoms with E-state index in [1.54, 1.807) is 67.6 Å². The highest BCUT2D eigenvalue weighted by atomic mass is 16.5. The molecule has 0 atom stereocenters. The predicted molar refractivity (Wildman–Crippen MR) is 114 cm³/mol. The van der Waals surface area contributed by atoms with Crippen LogP contribution < -0.4 is 0 Å². The standard InChI is InChI=1S/C24H16N4O3/c1-2-30-24(29)19(17-6-3-15(13-25)4-7-17)12-18-8-10-22(31-18)23-27-20-9-5-16(14-26)11-21(20)28-23/h3-12H,2H2,1H3,(H,27,28)/b19-12+. The van der Waals surface area contributed by atoms with Crippen LogP contribution in [0.2, 0.25) is 0 Å². The summed E-state index contributed by atoms with van der Waals surface area (Å²) in [6, 6.07) is 19.5. The van der Waals surface area contributed by atoms with Gasteiger partial charge in [0.05, 0.1) is 46.5 Å². The molecule has 31 heavy (non-hydrogen) atoms. The fraction of sp³-hybridized carbons (Fsp3) is 0.0833. The molecule has 4 aromatic rings. The van der Waals surface area contributed by atoms with Gasteiger partial charge in [-0.25, -0.2) is 9.78 Å². The molecule has 0 bridgehead atoms. The van der Waals surface area contributed by atoms with Gasteiger partial charge in [-0.1, -0.05) is 12.1 Å². The van der Waals surface area contributed by atoms with Gasteiger partial charge in [-0.3, -0.25) is 0 Å². The van der Waals surface area contributed by atoms with Gasteiger partial charge in [-0.2, -0.15) is 10.5 Å². The average molecular weight is 408 g/mol. The predicted octanol–water partition coefficient (Wildman–Crippen LogP) is 4.67. The Bertz CT molecular complexity index is 1380. The van der Waals surface area contributed by atoms with Crippen molar-refractivity contribution in [2.24, 2.45) is 0 Å². The number of hydrogen-bond acceptors (Lipinski definition) is 6. The van der Waals surface area contributed by atoms with Gasteiger partial charge in [0.1, 0.15) is 5.76 Å². The van der Waals surface area contributed by atoms with E-state index < -0.39 is 5.97 Å². The number of H-pyrrole nitrogens is 1. The average Bonchev–Trinajstić information content (AvgIpc) is 3.44. The zero-order chi connectivity index (χ0) is 21.8. The highest BCUT2D eigenvalue weighted by Crippen LogP contribution is 2.26. The molecule has 2 heterocycles. The van der Waals surface area contributed by atoms with Gasteiger partial charge in [0.15, 0.2) is 11.6 Å². The lowest BCUT2D eigenvalue weighted by molar-refractivity contribution is -0.136. The van der Waals surface area contributed by atoms with Crippen LogP contribution in [0.3, 0.4) is 0 Å². The SMILES string of the molecule is CCOC(=O)/C(=C/c1ccc(-c2nc3ccc(C#N)cc3[nH]2)o1)c1ccc(C#N)cc1. The smallest absolute Gasteiger partial charge is 0.338 e. The summed E-state index contributed by atoms with van der Waals surface area (Å²) in [5.74, 6) is 0.961. The third-order valence-corrected chi connectivity index (χ3v) is 4.58. The second-order valence-corrected chi connectivity index (χ2v) is 6.60. The van der Waals surface area contributed by atoms with Crippen LogP contribution in [-0.2, 0) is 9.53 Å². The molecule has 2 aromatic heterocycles. The zero-order valence-corrected chi connectivity index (χ0v) is 16.5. The number of aromatic amines is 1. The number of carbonyl (C=O) groups is 1. The van der Waals surface area contributed by atoms with Crippen molar-refractivity contribution in [2.75, 3.05) is 6.61 Å². The Morgan fingerprint density at radius 3 is 2.55 bits per heavy atom.